The van der Waals surface area contributed by atoms with Gasteiger partial charge in [-0.25, -0.2) is 5.43 Å². The Labute approximate surface area is 204 Å². The Hall–Kier alpha value is -3.87. The second-order valence-corrected chi connectivity index (χ2v) is 8.33. The number of pyridine rings is 1. The molecule has 1 amide bonds. The lowest BCUT2D eigenvalue weighted by atomic mass is 10.1. The van der Waals surface area contributed by atoms with Crippen LogP contribution in [0.3, 0.4) is 0 Å². The van der Waals surface area contributed by atoms with Crippen LogP contribution in [-0.2, 0) is 11.3 Å². The van der Waals surface area contributed by atoms with E-state index in [0.29, 0.717) is 48.9 Å². The number of benzene rings is 3. The number of carbonyl (C=O) groups is 1. The van der Waals surface area contributed by atoms with Gasteiger partial charge in [-0.15, -0.1) is 0 Å². The SMILES string of the molecule is O=C(Cn1c2ccccc2c(=O)c2ccccc21)N/N=C/c1ccc(-c2cccc(Cl)c2Cl)o1. The molecular weight excluding hydrogens is 473 g/mol. The lowest BCUT2D eigenvalue weighted by molar-refractivity contribution is -0.121. The average molecular weight is 490 g/mol. The van der Waals surface area contributed by atoms with Crippen LogP contribution in [0.25, 0.3) is 33.1 Å². The maximum Gasteiger partial charge on any atom is 0.260 e. The van der Waals surface area contributed by atoms with E-state index in [-0.39, 0.29) is 17.9 Å². The van der Waals surface area contributed by atoms with Crippen molar-refractivity contribution in [3.05, 3.63) is 105 Å². The van der Waals surface area contributed by atoms with E-state index < -0.39 is 0 Å². The third kappa shape index (κ3) is 4.09. The minimum Gasteiger partial charge on any atom is -0.455 e. The van der Waals surface area contributed by atoms with Crippen LogP contribution < -0.4 is 10.9 Å². The van der Waals surface area contributed by atoms with E-state index in [1.165, 1.54) is 6.21 Å². The first-order valence-electron chi connectivity index (χ1n) is 10.4. The molecule has 0 bridgehead atoms. The van der Waals surface area contributed by atoms with Crippen molar-refractivity contribution in [3.8, 4) is 11.3 Å². The van der Waals surface area contributed by atoms with Crippen molar-refractivity contribution in [2.24, 2.45) is 5.10 Å². The number of rotatable bonds is 5. The van der Waals surface area contributed by atoms with Gasteiger partial charge < -0.3 is 8.98 Å². The number of hydrogen-bond acceptors (Lipinski definition) is 4. The zero-order valence-corrected chi connectivity index (χ0v) is 19.2. The molecule has 2 heterocycles. The summed E-state index contributed by atoms with van der Waals surface area (Å²) in [5.41, 5.74) is 4.48. The Morgan fingerprint density at radius 1 is 0.912 bits per heavy atom. The summed E-state index contributed by atoms with van der Waals surface area (Å²) < 4.78 is 7.56. The number of halogens is 2. The third-order valence-corrected chi connectivity index (χ3v) is 6.22. The monoisotopic (exact) mass is 489 g/mol. The normalized spacial score (nSPS) is 11.5. The molecule has 6 nitrogen and oxygen atoms in total. The minimum absolute atomic E-state index is 0.0137. The Bertz CT molecular complexity index is 1580. The molecule has 0 saturated heterocycles. The number of para-hydroxylation sites is 2. The summed E-state index contributed by atoms with van der Waals surface area (Å²) in [7, 11) is 0. The topological polar surface area (TPSA) is 76.6 Å². The van der Waals surface area contributed by atoms with Crippen molar-refractivity contribution in [3.63, 3.8) is 0 Å². The molecular formula is C26H17Cl2N3O3. The molecule has 8 heteroatoms. The van der Waals surface area contributed by atoms with Gasteiger partial charge in [0.15, 0.2) is 5.43 Å². The van der Waals surface area contributed by atoms with Crippen LogP contribution in [0, 0.1) is 0 Å². The molecule has 0 aliphatic carbocycles. The number of amides is 1. The van der Waals surface area contributed by atoms with Gasteiger partial charge in [-0.05, 0) is 48.5 Å². The van der Waals surface area contributed by atoms with Crippen molar-refractivity contribution >= 4 is 57.1 Å². The number of carbonyl (C=O) groups excluding carboxylic acids is 1. The number of aromatic nitrogens is 1. The molecule has 0 spiro atoms. The maximum absolute atomic E-state index is 12.8. The fourth-order valence-corrected chi connectivity index (χ4v) is 4.25. The van der Waals surface area contributed by atoms with Gasteiger partial charge in [0.25, 0.3) is 5.91 Å². The quantitative estimate of drug-likeness (QED) is 0.190. The Morgan fingerprint density at radius 3 is 2.29 bits per heavy atom. The first-order valence-corrected chi connectivity index (χ1v) is 11.1. The van der Waals surface area contributed by atoms with Gasteiger partial charge in [-0.3, -0.25) is 9.59 Å². The second kappa shape index (κ2) is 9.17. The summed E-state index contributed by atoms with van der Waals surface area (Å²) in [6.07, 6.45) is 1.40. The predicted octanol–water partition coefficient (Wildman–Crippen LogP) is 5.87. The highest BCUT2D eigenvalue weighted by molar-refractivity contribution is 6.43. The molecule has 34 heavy (non-hydrogen) atoms. The van der Waals surface area contributed by atoms with Crippen LogP contribution in [0.1, 0.15) is 5.76 Å². The molecule has 0 atom stereocenters. The van der Waals surface area contributed by atoms with Gasteiger partial charge in [0.2, 0.25) is 0 Å². The van der Waals surface area contributed by atoms with Crippen molar-refractivity contribution in [1.82, 2.24) is 9.99 Å². The van der Waals surface area contributed by atoms with Crippen LogP contribution >= 0.6 is 23.2 Å². The lowest BCUT2D eigenvalue weighted by Gasteiger charge is -2.14. The number of fused-ring (bicyclic) bond motifs is 2. The zero-order valence-electron chi connectivity index (χ0n) is 17.7. The summed E-state index contributed by atoms with van der Waals surface area (Å²) >= 11 is 12.3. The second-order valence-electron chi connectivity index (χ2n) is 7.55. The maximum atomic E-state index is 12.8. The minimum atomic E-state index is -0.347. The number of hydrogen-bond donors (Lipinski definition) is 1. The predicted molar refractivity (Wildman–Crippen MR) is 136 cm³/mol. The molecule has 0 fully saturated rings. The highest BCUT2D eigenvalue weighted by Gasteiger charge is 2.13. The van der Waals surface area contributed by atoms with Gasteiger partial charge in [0, 0.05) is 16.3 Å². The number of nitrogens with zero attached hydrogens (tertiary/aromatic N) is 2. The van der Waals surface area contributed by atoms with Crippen LogP contribution in [0.15, 0.2) is 93.2 Å². The van der Waals surface area contributed by atoms with Gasteiger partial charge in [0.1, 0.15) is 18.1 Å². The first-order chi connectivity index (χ1) is 16.5. The van der Waals surface area contributed by atoms with E-state index in [1.54, 1.807) is 54.6 Å². The number of furan rings is 1. The molecule has 0 aliphatic rings. The summed E-state index contributed by atoms with van der Waals surface area (Å²) in [5, 5.41) is 5.95. The molecule has 0 aliphatic heterocycles. The molecule has 5 rings (SSSR count). The fraction of sp³-hybridized carbons (Fsp3) is 0.0385. The number of hydrazone groups is 1. The summed E-state index contributed by atoms with van der Waals surface area (Å²) in [6, 6.07) is 23.2. The van der Waals surface area contributed by atoms with Gasteiger partial charge in [-0.2, -0.15) is 5.10 Å². The van der Waals surface area contributed by atoms with Crippen LogP contribution in [0.2, 0.25) is 10.0 Å². The Balaban J connectivity index is 1.37. The average Bonchev–Trinajstić information content (AvgIpc) is 3.32. The molecule has 0 unspecified atom stereocenters. The van der Waals surface area contributed by atoms with Crippen molar-refractivity contribution in [1.29, 1.82) is 0 Å². The van der Waals surface area contributed by atoms with E-state index in [4.69, 9.17) is 27.6 Å². The smallest absolute Gasteiger partial charge is 0.260 e. The molecule has 3 aromatic carbocycles. The largest absolute Gasteiger partial charge is 0.455 e. The van der Waals surface area contributed by atoms with Gasteiger partial charge in [0.05, 0.1) is 27.3 Å². The highest BCUT2D eigenvalue weighted by Crippen LogP contribution is 2.34. The standard InChI is InChI=1S/C26H17Cl2N3O3/c27-20-9-5-8-19(25(20)28)23-13-12-16(34-23)14-29-30-24(32)15-31-21-10-3-1-6-17(21)26(33)18-7-2-4-11-22(18)31/h1-14H,15H2,(H,30,32)/b29-14+. The molecule has 5 aromatic rings. The molecule has 0 saturated carbocycles. The van der Waals surface area contributed by atoms with E-state index in [1.807, 2.05) is 28.8 Å². The Morgan fingerprint density at radius 2 is 1.59 bits per heavy atom. The summed E-state index contributed by atoms with van der Waals surface area (Å²) in [6.45, 7) is -0.0137. The highest BCUT2D eigenvalue weighted by atomic mass is 35.5. The van der Waals surface area contributed by atoms with Crippen LogP contribution in [-0.4, -0.2) is 16.7 Å². The zero-order chi connectivity index (χ0) is 23.7. The van der Waals surface area contributed by atoms with Crippen molar-refractivity contribution in [2.75, 3.05) is 0 Å². The van der Waals surface area contributed by atoms with E-state index >= 15 is 0 Å². The Kier molecular flexibility index (Phi) is 5.92. The van der Waals surface area contributed by atoms with Crippen molar-refractivity contribution < 1.29 is 9.21 Å². The molecule has 1 N–H and O–H groups in total. The summed E-state index contributed by atoms with van der Waals surface area (Å²) in [4.78, 5) is 25.5. The third-order valence-electron chi connectivity index (χ3n) is 5.41. The fourth-order valence-electron chi connectivity index (χ4n) is 3.86. The van der Waals surface area contributed by atoms with E-state index in [2.05, 4.69) is 10.5 Å². The molecule has 0 radical (unpaired) electrons. The lowest BCUT2D eigenvalue weighted by Crippen LogP contribution is -2.25. The summed E-state index contributed by atoms with van der Waals surface area (Å²) in [5.74, 6) is 0.622. The van der Waals surface area contributed by atoms with Gasteiger partial charge >= 0.3 is 0 Å². The van der Waals surface area contributed by atoms with E-state index in [9.17, 15) is 9.59 Å². The van der Waals surface area contributed by atoms with E-state index in [0.717, 1.165) is 0 Å². The van der Waals surface area contributed by atoms with Crippen LogP contribution in [0.5, 0.6) is 0 Å². The first kappa shape index (κ1) is 21.9. The van der Waals surface area contributed by atoms with Gasteiger partial charge in [-0.1, -0.05) is 53.5 Å². The molecule has 168 valence electrons. The molecule has 2 aromatic heterocycles. The van der Waals surface area contributed by atoms with Crippen LogP contribution in [0.4, 0.5) is 0 Å². The van der Waals surface area contributed by atoms with Crippen molar-refractivity contribution in [2.45, 2.75) is 6.54 Å². The number of nitrogens with one attached hydrogen (secondary N) is 1.